The maximum absolute atomic E-state index is 12.9. The Kier molecular flexibility index (Phi) is 5.79. The first-order chi connectivity index (χ1) is 15.4. The highest BCUT2D eigenvalue weighted by Crippen LogP contribution is 2.37. The van der Waals surface area contributed by atoms with Crippen molar-refractivity contribution in [3.8, 4) is 11.3 Å². The minimum absolute atomic E-state index is 0.231. The predicted octanol–water partition coefficient (Wildman–Crippen LogP) is 3.09. The van der Waals surface area contributed by atoms with Crippen LogP contribution in [0.25, 0.3) is 17.0 Å². The van der Waals surface area contributed by atoms with Gasteiger partial charge in [-0.05, 0) is 56.1 Å². The molecule has 170 valence electrons. The smallest absolute Gasteiger partial charge is 0.280 e. The van der Waals surface area contributed by atoms with Crippen LogP contribution in [0.4, 0.5) is 8.78 Å². The number of pyridine rings is 1. The Labute approximate surface area is 190 Å². The zero-order valence-corrected chi connectivity index (χ0v) is 18.7. The molecule has 1 saturated carbocycles. The highest BCUT2D eigenvalue weighted by atomic mass is 32.2. The van der Waals surface area contributed by atoms with Crippen molar-refractivity contribution in [3.05, 3.63) is 53.1 Å². The number of likely N-dealkylation sites (N-methyl/N-ethyl adjacent to an activating group) is 1. The average Bonchev–Trinajstić information content (AvgIpc) is 3.44. The standard InChI is InChI=1S/C22H26F2N6OS/c1-28-8-10-29(11-9-28)18-12-16(32-27-22(31)5-6-22)4-7-30-19(14-26-21(18)30)15-2-3-17(20(23)24)25-13-15/h2-4,12-14,20,27,31H,5-11H2,1H3. The molecule has 10 heteroatoms. The molecule has 0 amide bonds. The summed E-state index contributed by atoms with van der Waals surface area (Å²) in [4.78, 5) is 14.3. The highest BCUT2D eigenvalue weighted by Gasteiger charge is 2.40. The summed E-state index contributed by atoms with van der Waals surface area (Å²) in [6.45, 7) is 4.30. The lowest BCUT2D eigenvalue weighted by Gasteiger charge is -2.35. The fraction of sp³-hybridized carbons (Fsp3) is 0.455. The molecule has 32 heavy (non-hydrogen) atoms. The van der Waals surface area contributed by atoms with Gasteiger partial charge in [0.2, 0.25) is 0 Å². The van der Waals surface area contributed by atoms with Crippen molar-refractivity contribution >= 4 is 17.6 Å². The van der Waals surface area contributed by atoms with Crippen molar-refractivity contribution in [2.75, 3.05) is 33.2 Å². The van der Waals surface area contributed by atoms with Crippen LogP contribution >= 0.6 is 11.9 Å². The van der Waals surface area contributed by atoms with E-state index in [1.54, 1.807) is 12.3 Å². The third kappa shape index (κ3) is 4.45. The van der Waals surface area contributed by atoms with Gasteiger partial charge in [0.05, 0.1) is 17.6 Å². The van der Waals surface area contributed by atoms with E-state index in [4.69, 9.17) is 4.98 Å². The second-order valence-electron chi connectivity index (χ2n) is 8.51. The van der Waals surface area contributed by atoms with Crippen LogP contribution in [0.3, 0.4) is 0 Å². The van der Waals surface area contributed by atoms with E-state index in [1.807, 2.05) is 0 Å². The number of halogens is 2. The van der Waals surface area contributed by atoms with Gasteiger partial charge >= 0.3 is 0 Å². The quantitative estimate of drug-likeness (QED) is 0.507. The van der Waals surface area contributed by atoms with Crippen molar-refractivity contribution in [3.63, 3.8) is 0 Å². The molecule has 0 aromatic carbocycles. The number of aliphatic hydroxyl groups is 1. The van der Waals surface area contributed by atoms with Crippen LogP contribution in [-0.2, 0) is 6.54 Å². The summed E-state index contributed by atoms with van der Waals surface area (Å²) in [6.07, 6.45) is 6.43. The van der Waals surface area contributed by atoms with Gasteiger partial charge in [-0.2, -0.15) is 0 Å². The molecule has 2 fully saturated rings. The molecule has 5 rings (SSSR count). The minimum Gasteiger partial charge on any atom is -0.375 e. The fourth-order valence-electron chi connectivity index (χ4n) is 3.85. The topological polar surface area (TPSA) is 69.4 Å². The third-order valence-corrected chi connectivity index (χ3v) is 7.07. The van der Waals surface area contributed by atoms with Gasteiger partial charge in [0.15, 0.2) is 5.82 Å². The number of aromatic nitrogens is 3. The monoisotopic (exact) mass is 460 g/mol. The van der Waals surface area contributed by atoms with Crippen molar-refractivity contribution in [1.29, 1.82) is 0 Å². The Morgan fingerprint density at radius 2 is 1.91 bits per heavy atom. The fourth-order valence-corrected chi connectivity index (χ4v) is 4.69. The van der Waals surface area contributed by atoms with E-state index in [9.17, 15) is 13.9 Å². The number of hydrogen-bond acceptors (Lipinski definition) is 7. The molecule has 2 aromatic rings. The minimum atomic E-state index is -2.59. The van der Waals surface area contributed by atoms with Crippen LogP contribution < -0.4 is 4.72 Å². The van der Waals surface area contributed by atoms with Crippen molar-refractivity contribution in [2.45, 2.75) is 31.5 Å². The molecule has 2 N–H and O–H groups in total. The lowest BCUT2D eigenvalue weighted by atomic mass is 10.2. The van der Waals surface area contributed by atoms with E-state index < -0.39 is 12.2 Å². The Hall–Kier alpha value is -2.27. The zero-order valence-electron chi connectivity index (χ0n) is 17.8. The summed E-state index contributed by atoms with van der Waals surface area (Å²) in [5.41, 5.74) is 1.62. The molecule has 3 aliphatic rings. The molecule has 4 heterocycles. The molecular formula is C22H26F2N6OS. The van der Waals surface area contributed by atoms with Gasteiger partial charge in [0, 0.05) is 49.4 Å². The summed E-state index contributed by atoms with van der Waals surface area (Å²) < 4.78 is 31.1. The van der Waals surface area contributed by atoms with Crippen LogP contribution in [0.1, 0.15) is 30.8 Å². The van der Waals surface area contributed by atoms with Crippen LogP contribution in [0.2, 0.25) is 0 Å². The van der Waals surface area contributed by atoms with E-state index in [0.717, 1.165) is 66.7 Å². The lowest BCUT2D eigenvalue weighted by molar-refractivity contribution is 0.142. The second kappa shape index (κ2) is 8.58. The summed E-state index contributed by atoms with van der Waals surface area (Å²) in [7, 11) is 2.12. The van der Waals surface area contributed by atoms with Crippen molar-refractivity contribution in [2.24, 2.45) is 0 Å². The molecule has 0 atom stereocenters. The van der Waals surface area contributed by atoms with Crippen LogP contribution in [0, 0.1) is 0 Å². The first-order valence-corrected chi connectivity index (χ1v) is 11.6. The van der Waals surface area contributed by atoms with E-state index in [-0.39, 0.29) is 5.69 Å². The van der Waals surface area contributed by atoms with Gasteiger partial charge in [-0.1, -0.05) is 0 Å². The number of nitrogens with one attached hydrogen (secondary N) is 1. The molecule has 2 aliphatic heterocycles. The molecule has 7 nitrogen and oxygen atoms in total. The van der Waals surface area contributed by atoms with Crippen LogP contribution in [0.15, 0.2) is 41.6 Å². The van der Waals surface area contributed by atoms with E-state index in [0.29, 0.717) is 6.54 Å². The summed E-state index contributed by atoms with van der Waals surface area (Å²) >= 11 is 1.44. The van der Waals surface area contributed by atoms with Crippen molar-refractivity contribution < 1.29 is 13.9 Å². The number of fused-ring (bicyclic) bond motifs is 1. The predicted molar refractivity (Wildman–Crippen MR) is 120 cm³/mol. The van der Waals surface area contributed by atoms with Crippen LogP contribution in [-0.4, -0.2) is 68.4 Å². The number of rotatable bonds is 6. The van der Waals surface area contributed by atoms with Crippen LogP contribution in [0.5, 0.6) is 0 Å². The lowest BCUT2D eigenvalue weighted by Crippen LogP contribution is -2.43. The first-order valence-electron chi connectivity index (χ1n) is 10.7. The molecule has 0 radical (unpaired) electrons. The summed E-state index contributed by atoms with van der Waals surface area (Å²) in [5.74, 6) is 0.847. The highest BCUT2D eigenvalue weighted by molar-refractivity contribution is 8.01. The van der Waals surface area contributed by atoms with Gasteiger partial charge in [0.25, 0.3) is 6.43 Å². The maximum atomic E-state index is 12.9. The van der Waals surface area contributed by atoms with Gasteiger partial charge in [-0.3, -0.25) is 4.98 Å². The Morgan fingerprint density at radius 3 is 2.56 bits per heavy atom. The van der Waals surface area contributed by atoms with E-state index >= 15 is 0 Å². The number of imidazole rings is 1. The first kappa shape index (κ1) is 21.6. The maximum Gasteiger partial charge on any atom is 0.280 e. The van der Waals surface area contributed by atoms with E-state index in [1.165, 1.54) is 24.2 Å². The Balaban J connectivity index is 1.48. The molecule has 0 bridgehead atoms. The van der Waals surface area contributed by atoms with Gasteiger partial charge in [0.1, 0.15) is 11.4 Å². The largest absolute Gasteiger partial charge is 0.375 e. The summed E-state index contributed by atoms with van der Waals surface area (Å²) in [5, 5.41) is 10.2. The van der Waals surface area contributed by atoms with E-state index in [2.05, 4.69) is 43.3 Å². The molecule has 0 spiro atoms. The van der Waals surface area contributed by atoms with Gasteiger partial charge < -0.3 is 19.5 Å². The van der Waals surface area contributed by atoms with Gasteiger partial charge in [-0.25, -0.2) is 18.5 Å². The zero-order chi connectivity index (χ0) is 22.3. The second-order valence-corrected chi connectivity index (χ2v) is 9.39. The SMILES string of the molecule is CN1CCN(C2=CC(SNC3(O)CC3)=CCn3c(-c4ccc(C(F)F)nc4)cnc32)CC1. The molecular weight excluding hydrogens is 434 g/mol. The van der Waals surface area contributed by atoms with Gasteiger partial charge in [-0.15, -0.1) is 0 Å². The number of alkyl halides is 2. The molecule has 1 aliphatic carbocycles. The number of hydrogen-bond donors (Lipinski definition) is 2. The molecule has 0 unspecified atom stereocenters. The number of allylic oxidation sites excluding steroid dienone is 2. The summed E-state index contributed by atoms with van der Waals surface area (Å²) in [6, 6.07) is 3.04. The average molecular weight is 461 g/mol. The Morgan fingerprint density at radius 1 is 1.12 bits per heavy atom. The number of nitrogens with zero attached hydrogens (tertiary/aromatic N) is 5. The van der Waals surface area contributed by atoms with Crippen molar-refractivity contribution in [1.82, 2.24) is 29.1 Å². The normalized spacial score (nSPS) is 20.6. The molecule has 1 saturated heterocycles. The Bertz CT molecular complexity index is 1040. The third-order valence-electron chi connectivity index (χ3n) is 6.07. The molecule has 2 aromatic heterocycles. The number of piperazine rings is 1.